The highest BCUT2D eigenvalue weighted by atomic mass is 16.4. The Labute approximate surface area is 137 Å². The summed E-state index contributed by atoms with van der Waals surface area (Å²) in [7, 11) is 0. The number of hydrogen-bond donors (Lipinski definition) is 2. The molecule has 0 heterocycles. The van der Waals surface area contributed by atoms with Crippen LogP contribution in [0.5, 0.6) is 0 Å². The smallest absolute Gasteiger partial charge is 0.303 e. The Morgan fingerprint density at radius 3 is 1.59 bits per heavy atom. The zero-order chi connectivity index (χ0) is 16.5. The van der Waals surface area contributed by atoms with E-state index in [9.17, 15) is 9.90 Å². The van der Waals surface area contributed by atoms with Gasteiger partial charge in [-0.1, -0.05) is 84.0 Å². The van der Waals surface area contributed by atoms with E-state index in [0.29, 0.717) is 6.42 Å². The fourth-order valence-electron chi connectivity index (χ4n) is 2.84. The van der Waals surface area contributed by atoms with E-state index in [-0.39, 0.29) is 6.10 Å². The maximum atomic E-state index is 10.4. The summed E-state index contributed by atoms with van der Waals surface area (Å²) >= 11 is 0. The minimum Gasteiger partial charge on any atom is -0.481 e. The van der Waals surface area contributed by atoms with Gasteiger partial charge in [0.05, 0.1) is 6.10 Å². The Balaban J connectivity index is 3.11. The monoisotopic (exact) mass is 314 g/mol. The molecule has 0 spiro atoms. The number of carboxylic acids is 1. The van der Waals surface area contributed by atoms with Crippen molar-refractivity contribution in [1.29, 1.82) is 0 Å². The highest BCUT2D eigenvalue weighted by Crippen LogP contribution is 2.14. The second-order valence-corrected chi connectivity index (χ2v) is 6.62. The van der Waals surface area contributed by atoms with Crippen molar-refractivity contribution in [2.45, 2.75) is 116 Å². The van der Waals surface area contributed by atoms with Crippen LogP contribution in [0.15, 0.2) is 0 Å². The lowest BCUT2D eigenvalue weighted by molar-refractivity contribution is -0.137. The first kappa shape index (κ1) is 21.4. The van der Waals surface area contributed by atoms with Gasteiger partial charge in [0.15, 0.2) is 0 Å². The van der Waals surface area contributed by atoms with Crippen molar-refractivity contribution in [1.82, 2.24) is 0 Å². The van der Waals surface area contributed by atoms with Crippen LogP contribution in [0.25, 0.3) is 0 Å². The van der Waals surface area contributed by atoms with Gasteiger partial charge in [-0.3, -0.25) is 4.79 Å². The van der Waals surface area contributed by atoms with Crippen LogP contribution in [0.1, 0.15) is 110 Å². The molecule has 2 N–H and O–H groups in total. The molecule has 0 unspecified atom stereocenters. The summed E-state index contributed by atoms with van der Waals surface area (Å²) in [6.07, 6.45) is 17.7. The van der Waals surface area contributed by atoms with E-state index in [1.54, 1.807) is 0 Å². The second kappa shape index (κ2) is 16.8. The normalized spacial score (nSPS) is 12.5. The number of aliphatic hydroxyl groups is 1. The van der Waals surface area contributed by atoms with E-state index in [4.69, 9.17) is 5.11 Å². The maximum absolute atomic E-state index is 10.4. The number of aliphatic carboxylic acids is 1. The van der Waals surface area contributed by atoms with Crippen LogP contribution in [-0.2, 0) is 4.79 Å². The third-order valence-electron chi connectivity index (χ3n) is 4.32. The van der Waals surface area contributed by atoms with Crippen molar-refractivity contribution in [3.05, 3.63) is 0 Å². The van der Waals surface area contributed by atoms with Gasteiger partial charge < -0.3 is 10.2 Å². The van der Waals surface area contributed by atoms with Crippen LogP contribution in [0.2, 0.25) is 0 Å². The lowest BCUT2D eigenvalue weighted by Gasteiger charge is -2.10. The van der Waals surface area contributed by atoms with Crippen molar-refractivity contribution in [3.63, 3.8) is 0 Å². The molecule has 0 aromatic heterocycles. The zero-order valence-corrected chi connectivity index (χ0v) is 14.7. The van der Waals surface area contributed by atoms with E-state index >= 15 is 0 Å². The Hall–Kier alpha value is -0.570. The highest BCUT2D eigenvalue weighted by molar-refractivity contribution is 5.66. The summed E-state index contributed by atoms with van der Waals surface area (Å²) in [6.45, 7) is 2.21. The first-order chi connectivity index (χ1) is 10.7. The Bertz CT molecular complexity index is 241. The van der Waals surface area contributed by atoms with Gasteiger partial charge in [-0.2, -0.15) is 0 Å². The van der Waals surface area contributed by atoms with Crippen LogP contribution in [-0.4, -0.2) is 22.3 Å². The molecular formula is C19H38O3. The van der Waals surface area contributed by atoms with Crippen LogP contribution < -0.4 is 0 Å². The molecule has 0 aromatic rings. The lowest BCUT2D eigenvalue weighted by Crippen LogP contribution is -2.05. The third kappa shape index (κ3) is 17.5. The fourth-order valence-corrected chi connectivity index (χ4v) is 2.84. The van der Waals surface area contributed by atoms with Gasteiger partial charge in [0.1, 0.15) is 0 Å². The molecule has 0 bridgehead atoms. The molecule has 1 atom stereocenters. The molecule has 0 aliphatic carbocycles. The number of rotatable bonds is 17. The topological polar surface area (TPSA) is 57.5 Å². The number of hydrogen-bond acceptors (Lipinski definition) is 2. The molecule has 0 saturated carbocycles. The summed E-state index contributed by atoms with van der Waals surface area (Å²) in [4.78, 5) is 10.4. The molecule has 0 aromatic carbocycles. The van der Waals surface area contributed by atoms with E-state index in [0.717, 1.165) is 32.1 Å². The van der Waals surface area contributed by atoms with Crippen LogP contribution in [0.4, 0.5) is 0 Å². The summed E-state index contributed by atoms with van der Waals surface area (Å²) in [5, 5.41) is 18.4. The Kier molecular flexibility index (Phi) is 16.4. The number of unbranched alkanes of at least 4 members (excludes halogenated alkanes) is 11. The molecule has 0 radical (unpaired) electrons. The van der Waals surface area contributed by atoms with Crippen molar-refractivity contribution in [2.75, 3.05) is 0 Å². The van der Waals surface area contributed by atoms with Gasteiger partial charge in [0.25, 0.3) is 0 Å². The highest BCUT2D eigenvalue weighted by Gasteiger charge is 2.03. The summed E-state index contributed by atoms with van der Waals surface area (Å²) in [5.41, 5.74) is 0. The van der Waals surface area contributed by atoms with Crippen molar-refractivity contribution in [3.8, 4) is 0 Å². The number of carbonyl (C=O) groups is 1. The first-order valence-electron chi connectivity index (χ1n) is 9.56. The van der Waals surface area contributed by atoms with E-state index in [1.807, 2.05) is 0 Å². The van der Waals surface area contributed by atoms with Gasteiger partial charge in [0, 0.05) is 6.42 Å². The third-order valence-corrected chi connectivity index (χ3v) is 4.32. The molecule has 132 valence electrons. The minimum atomic E-state index is -0.674. The van der Waals surface area contributed by atoms with E-state index in [2.05, 4.69) is 6.92 Å². The van der Waals surface area contributed by atoms with Crippen molar-refractivity contribution in [2.24, 2.45) is 0 Å². The molecule has 0 saturated heterocycles. The average molecular weight is 315 g/mol. The zero-order valence-electron chi connectivity index (χ0n) is 14.7. The van der Waals surface area contributed by atoms with Crippen LogP contribution in [0.3, 0.4) is 0 Å². The SMILES string of the molecule is CCCCCC[C@H](O)CCCCCCCCCCCC(=O)O. The quantitative estimate of drug-likeness (QED) is 0.339. The second-order valence-electron chi connectivity index (χ2n) is 6.62. The number of carboxylic acid groups (broad SMARTS) is 1. The predicted molar refractivity (Wildman–Crippen MR) is 93.2 cm³/mol. The Morgan fingerprint density at radius 1 is 0.727 bits per heavy atom. The molecule has 0 rings (SSSR count). The first-order valence-corrected chi connectivity index (χ1v) is 9.56. The molecule has 0 amide bonds. The Morgan fingerprint density at radius 2 is 1.14 bits per heavy atom. The molecule has 3 nitrogen and oxygen atoms in total. The predicted octanol–water partition coefficient (Wildman–Crippen LogP) is 5.69. The molecule has 0 aliphatic heterocycles. The van der Waals surface area contributed by atoms with Gasteiger partial charge in [-0.25, -0.2) is 0 Å². The van der Waals surface area contributed by atoms with Crippen LogP contribution in [0, 0.1) is 0 Å². The molecule has 0 fully saturated rings. The van der Waals surface area contributed by atoms with E-state index < -0.39 is 5.97 Å². The summed E-state index contributed by atoms with van der Waals surface area (Å²) < 4.78 is 0. The van der Waals surface area contributed by atoms with Gasteiger partial charge in [-0.05, 0) is 19.3 Å². The van der Waals surface area contributed by atoms with Gasteiger partial charge in [-0.15, -0.1) is 0 Å². The standard InChI is InChI=1S/C19H38O3/c1-2-3-4-12-15-18(20)16-13-10-8-6-5-7-9-11-14-17-19(21)22/h18,20H,2-17H2,1H3,(H,21,22)/t18-/m0/s1. The minimum absolute atomic E-state index is 0.0777. The van der Waals surface area contributed by atoms with Gasteiger partial charge >= 0.3 is 5.97 Å². The maximum Gasteiger partial charge on any atom is 0.303 e. The fraction of sp³-hybridized carbons (Fsp3) is 0.947. The average Bonchev–Trinajstić information content (AvgIpc) is 2.49. The van der Waals surface area contributed by atoms with Gasteiger partial charge in [0.2, 0.25) is 0 Å². The molecule has 0 aliphatic rings. The number of aliphatic hydroxyl groups excluding tert-OH is 1. The van der Waals surface area contributed by atoms with Crippen LogP contribution >= 0.6 is 0 Å². The van der Waals surface area contributed by atoms with E-state index in [1.165, 1.54) is 64.2 Å². The molecule has 3 heteroatoms. The van der Waals surface area contributed by atoms with Crippen molar-refractivity contribution >= 4 is 5.97 Å². The van der Waals surface area contributed by atoms with Crippen molar-refractivity contribution < 1.29 is 15.0 Å². The molecular weight excluding hydrogens is 276 g/mol. The summed E-state index contributed by atoms with van der Waals surface area (Å²) in [6, 6.07) is 0. The lowest BCUT2D eigenvalue weighted by atomic mass is 10.0. The largest absolute Gasteiger partial charge is 0.481 e. The molecule has 22 heavy (non-hydrogen) atoms. The summed E-state index contributed by atoms with van der Waals surface area (Å²) in [5.74, 6) is -0.674.